The van der Waals surface area contributed by atoms with Gasteiger partial charge in [-0.1, -0.05) is 42.0 Å². The number of para-hydroxylation sites is 1. The Morgan fingerprint density at radius 2 is 1.83 bits per heavy atom. The van der Waals surface area contributed by atoms with E-state index in [2.05, 4.69) is 51.6 Å². The number of nitrogens with one attached hydrogen (secondary N) is 1. The highest BCUT2D eigenvalue weighted by Gasteiger charge is 2.08. The lowest BCUT2D eigenvalue weighted by molar-refractivity contribution is 1.13. The Morgan fingerprint density at radius 1 is 1.06 bits per heavy atom. The van der Waals surface area contributed by atoms with Gasteiger partial charge in [0.05, 0.1) is 5.02 Å². The summed E-state index contributed by atoms with van der Waals surface area (Å²) in [6.07, 6.45) is 4.23. The summed E-state index contributed by atoms with van der Waals surface area (Å²) in [7, 11) is 0. The van der Waals surface area contributed by atoms with E-state index >= 15 is 0 Å². The molecule has 2 aromatic carbocycles. The van der Waals surface area contributed by atoms with Crippen molar-refractivity contribution in [2.45, 2.75) is 6.54 Å². The zero-order chi connectivity index (χ0) is 12.5. The second-order valence-electron chi connectivity index (χ2n) is 4.24. The van der Waals surface area contributed by atoms with Crippen molar-refractivity contribution in [1.82, 2.24) is 0 Å². The maximum atomic E-state index is 6.14. The van der Waals surface area contributed by atoms with Crippen molar-refractivity contribution < 1.29 is 0 Å². The number of anilines is 1. The fourth-order valence-corrected chi connectivity index (χ4v) is 2.65. The lowest BCUT2D eigenvalue weighted by Crippen LogP contribution is -2.04. The summed E-state index contributed by atoms with van der Waals surface area (Å²) in [6.45, 7) is 0.798. The summed E-state index contributed by atoms with van der Waals surface area (Å²) in [6, 6.07) is 12.3. The third kappa shape index (κ3) is 2.18. The molecule has 0 atom stereocenters. The molecule has 0 bridgehead atoms. The van der Waals surface area contributed by atoms with Crippen molar-refractivity contribution in [2.24, 2.45) is 0 Å². The summed E-state index contributed by atoms with van der Waals surface area (Å²) in [5.41, 5.74) is 4.75. The van der Waals surface area contributed by atoms with Crippen LogP contribution in [0.1, 0.15) is 16.7 Å². The summed E-state index contributed by atoms with van der Waals surface area (Å²) in [4.78, 5) is 0. The van der Waals surface area contributed by atoms with Gasteiger partial charge in [-0.15, -0.1) is 0 Å². The fourth-order valence-electron chi connectivity index (χ4n) is 2.08. The third-order valence-corrected chi connectivity index (χ3v) is 4.25. The van der Waals surface area contributed by atoms with E-state index in [0.717, 1.165) is 27.3 Å². The van der Waals surface area contributed by atoms with Crippen LogP contribution < -0.4 is 5.32 Å². The Balaban J connectivity index is 2.11. The number of hydrogen-bond acceptors (Lipinski definition) is 1. The third-order valence-electron chi connectivity index (χ3n) is 3.05. The minimum absolute atomic E-state index is 0.743. The van der Waals surface area contributed by atoms with Gasteiger partial charge in [-0.25, -0.2) is 0 Å². The lowest BCUT2D eigenvalue weighted by atomic mass is 10.0. The topological polar surface area (TPSA) is 12.0 Å². The van der Waals surface area contributed by atoms with Gasteiger partial charge >= 0.3 is 0 Å². The molecule has 1 nitrogen and oxygen atoms in total. The lowest BCUT2D eigenvalue weighted by Gasteiger charge is -2.15. The predicted molar refractivity (Wildman–Crippen MR) is 81.8 cm³/mol. The molecule has 1 N–H and O–H groups in total. The van der Waals surface area contributed by atoms with Crippen molar-refractivity contribution in [1.29, 1.82) is 0 Å². The van der Waals surface area contributed by atoms with Gasteiger partial charge in [0.25, 0.3) is 0 Å². The number of hydrogen-bond donors (Lipinski definition) is 1. The van der Waals surface area contributed by atoms with E-state index in [-0.39, 0.29) is 0 Å². The van der Waals surface area contributed by atoms with Gasteiger partial charge in [0.2, 0.25) is 0 Å². The van der Waals surface area contributed by atoms with Crippen LogP contribution in [0.3, 0.4) is 0 Å². The summed E-state index contributed by atoms with van der Waals surface area (Å²) in [5, 5.41) is 4.20. The van der Waals surface area contributed by atoms with E-state index < -0.39 is 0 Å². The van der Waals surface area contributed by atoms with Crippen LogP contribution in [0.5, 0.6) is 0 Å². The number of benzene rings is 2. The molecule has 0 aliphatic carbocycles. The molecular weight excluding hydrogens is 310 g/mol. The molecule has 2 aromatic rings. The molecule has 0 fully saturated rings. The molecule has 1 aliphatic rings. The molecule has 1 heterocycles. The molecule has 90 valence electrons. The highest BCUT2D eigenvalue weighted by atomic mass is 79.9. The first-order chi connectivity index (χ1) is 8.74. The summed E-state index contributed by atoms with van der Waals surface area (Å²) in [5.74, 6) is 0. The second kappa shape index (κ2) is 4.79. The SMILES string of the molecule is Clc1cc2c(cc1Br)CNc1ccccc1C=C2. The minimum Gasteiger partial charge on any atom is -0.380 e. The minimum atomic E-state index is 0.743. The van der Waals surface area contributed by atoms with Crippen molar-refractivity contribution in [3.05, 3.63) is 62.6 Å². The normalized spacial score (nSPS) is 13.0. The fraction of sp³-hybridized carbons (Fsp3) is 0.0667. The zero-order valence-corrected chi connectivity index (χ0v) is 11.9. The van der Waals surface area contributed by atoms with Gasteiger partial charge in [0.1, 0.15) is 0 Å². The Kier molecular flexibility index (Phi) is 3.14. The van der Waals surface area contributed by atoms with Crippen LogP contribution in [0, 0.1) is 0 Å². The van der Waals surface area contributed by atoms with Crippen molar-refractivity contribution in [2.75, 3.05) is 5.32 Å². The predicted octanol–water partition coefficient (Wildman–Crippen LogP) is 5.20. The van der Waals surface area contributed by atoms with Crippen LogP contribution in [0.25, 0.3) is 12.2 Å². The van der Waals surface area contributed by atoms with Crippen LogP contribution in [0.15, 0.2) is 40.9 Å². The van der Waals surface area contributed by atoms with Crippen molar-refractivity contribution in [3.63, 3.8) is 0 Å². The first kappa shape index (κ1) is 11.8. The van der Waals surface area contributed by atoms with Gasteiger partial charge in [-0.2, -0.15) is 0 Å². The van der Waals surface area contributed by atoms with Crippen LogP contribution in [-0.2, 0) is 6.54 Å². The Hall–Kier alpha value is -1.25. The molecule has 1 aliphatic heterocycles. The summed E-state index contributed by atoms with van der Waals surface area (Å²) >= 11 is 9.61. The van der Waals surface area contributed by atoms with E-state index in [9.17, 15) is 0 Å². The quantitative estimate of drug-likeness (QED) is 0.703. The molecule has 0 amide bonds. The first-order valence-corrected chi connectivity index (χ1v) is 6.90. The average molecular weight is 321 g/mol. The van der Waals surface area contributed by atoms with E-state index in [1.807, 2.05) is 18.2 Å². The maximum absolute atomic E-state index is 6.14. The Morgan fingerprint density at radius 3 is 2.72 bits per heavy atom. The molecule has 18 heavy (non-hydrogen) atoms. The van der Waals surface area contributed by atoms with Gasteiger partial charge < -0.3 is 5.32 Å². The first-order valence-electron chi connectivity index (χ1n) is 5.73. The molecule has 0 radical (unpaired) electrons. The molecular formula is C15H11BrClN. The van der Waals surface area contributed by atoms with Gasteiger partial charge in [-0.3, -0.25) is 0 Å². The van der Waals surface area contributed by atoms with Crippen LogP contribution >= 0.6 is 27.5 Å². The second-order valence-corrected chi connectivity index (χ2v) is 5.50. The van der Waals surface area contributed by atoms with Gasteiger partial charge in [-0.05, 0) is 50.8 Å². The maximum Gasteiger partial charge on any atom is 0.0554 e. The monoisotopic (exact) mass is 319 g/mol. The standard InChI is InChI=1S/C15H11BrClN/c16-13-7-12-9-18-15-4-2-1-3-10(15)5-6-11(12)8-14(13)17/h1-8,18H,9H2. The molecule has 3 rings (SSSR count). The van der Waals surface area contributed by atoms with E-state index in [1.165, 1.54) is 11.1 Å². The van der Waals surface area contributed by atoms with Crippen LogP contribution in [0.2, 0.25) is 5.02 Å². The Labute approximate surface area is 120 Å². The van der Waals surface area contributed by atoms with Crippen molar-refractivity contribution in [3.8, 4) is 0 Å². The summed E-state index contributed by atoms with van der Waals surface area (Å²) < 4.78 is 0.937. The van der Waals surface area contributed by atoms with Crippen molar-refractivity contribution >= 4 is 45.4 Å². The number of halogens is 2. The van der Waals surface area contributed by atoms with Crippen LogP contribution in [-0.4, -0.2) is 0 Å². The average Bonchev–Trinajstić information content (AvgIpc) is 2.36. The molecule has 0 saturated heterocycles. The van der Waals surface area contributed by atoms with Gasteiger partial charge in [0.15, 0.2) is 0 Å². The van der Waals surface area contributed by atoms with E-state index in [1.54, 1.807) is 0 Å². The zero-order valence-electron chi connectivity index (χ0n) is 9.58. The molecule has 3 heteroatoms. The highest BCUT2D eigenvalue weighted by Crippen LogP contribution is 2.30. The smallest absolute Gasteiger partial charge is 0.0554 e. The molecule has 0 unspecified atom stereocenters. The number of fused-ring (bicyclic) bond motifs is 2. The van der Waals surface area contributed by atoms with Crippen LogP contribution in [0.4, 0.5) is 5.69 Å². The Bertz CT molecular complexity index is 634. The highest BCUT2D eigenvalue weighted by molar-refractivity contribution is 9.10. The van der Waals surface area contributed by atoms with E-state index in [0.29, 0.717) is 0 Å². The van der Waals surface area contributed by atoms with Gasteiger partial charge in [0, 0.05) is 16.7 Å². The molecule has 0 saturated carbocycles. The molecule has 0 spiro atoms. The number of rotatable bonds is 0. The largest absolute Gasteiger partial charge is 0.380 e. The van der Waals surface area contributed by atoms with E-state index in [4.69, 9.17) is 11.6 Å². The molecule has 0 aromatic heterocycles.